The van der Waals surface area contributed by atoms with E-state index in [0.717, 1.165) is 25.0 Å². The van der Waals surface area contributed by atoms with E-state index in [1.165, 1.54) is 18.3 Å². The fourth-order valence-corrected chi connectivity index (χ4v) is 5.61. The minimum absolute atomic E-state index is 0.0260. The highest BCUT2D eigenvalue weighted by atomic mass is 35.5. The molecule has 0 N–H and O–H groups in total. The first-order valence-electron chi connectivity index (χ1n) is 11.0. The van der Waals surface area contributed by atoms with Gasteiger partial charge in [-0.25, -0.2) is 13.4 Å². The summed E-state index contributed by atoms with van der Waals surface area (Å²) in [5.74, 6) is -0.870. The van der Waals surface area contributed by atoms with E-state index in [-0.39, 0.29) is 29.2 Å². The quantitative estimate of drug-likeness (QED) is 0.388. The lowest BCUT2D eigenvalue weighted by Crippen LogP contribution is -2.31. The average molecular weight is 526 g/mol. The summed E-state index contributed by atoms with van der Waals surface area (Å²) in [6, 6.07) is 10.7. The second kappa shape index (κ2) is 9.66. The minimum atomic E-state index is -4.57. The van der Waals surface area contributed by atoms with Gasteiger partial charge < -0.3 is 9.47 Å². The van der Waals surface area contributed by atoms with Gasteiger partial charge in [0.1, 0.15) is 0 Å². The number of hydrogen-bond donors (Lipinski definition) is 0. The van der Waals surface area contributed by atoms with Gasteiger partial charge >= 0.3 is 6.18 Å². The van der Waals surface area contributed by atoms with E-state index >= 15 is 0 Å². The topological polar surface area (TPSA) is 72.3 Å². The molecule has 0 bridgehead atoms. The van der Waals surface area contributed by atoms with E-state index in [0.29, 0.717) is 22.8 Å². The van der Waals surface area contributed by atoms with Crippen LogP contribution in [-0.2, 0) is 28.3 Å². The van der Waals surface area contributed by atoms with Crippen molar-refractivity contribution in [2.24, 2.45) is 0 Å². The summed E-state index contributed by atoms with van der Waals surface area (Å²) >= 11 is 6.01. The summed E-state index contributed by atoms with van der Waals surface area (Å²) in [5, 5.41) is 0.233. The molecule has 1 heterocycles. The number of amides is 1. The van der Waals surface area contributed by atoms with Gasteiger partial charge in [-0.05, 0) is 49.6 Å². The average Bonchev–Trinajstić information content (AvgIpc) is 3.55. The molecule has 186 valence electrons. The predicted molar refractivity (Wildman–Crippen MR) is 125 cm³/mol. The Morgan fingerprint density at radius 1 is 1.17 bits per heavy atom. The van der Waals surface area contributed by atoms with Crippen LogP contribution in [-0.4, -0.2) is 35.3 Å². The van der Waals surface area contributed by atoms with Crippen molar-refractivity contribution in [1.82, 2.24) is 14.5 Å². The Kier molecular flexibility index (Phi) is 6.97. The molecule has 0 unspecified atom stereocenters. The standard InChI is InChI=1S/C24H23ClF3N3O3S/c1-2-30(22(32)17-6-4-8-19(25)12-17)14-21-13-29-23(31(21)20-9-10-20)35(33,34)15-16-5-3-7-18(11-16)24(26,27)28/h3-8,11-13,20H,2,9-10,14-15H2,1H3. The summed E-state index contributed by atoms with van der Waals surface area (Å²) in [6.07, 6.45) is -1.64. The number of halogens is 4. The molecule has 0 atom stereocenters. The first-order chi connectivity index (χ1) is 16.5. The molecular weight excluding hydrogens is 503 g/mol. The Hall–Kier alpha value is -2.85. The van der Waals surface area contributed by atoms with Crippen molar-refractivity contribution in [2.45, 2.75) is 49.4 Å². The molecular formula is C24H23ClF3N3O3S. The van der Waals surface area contributed by atoms with E-state index < -0.39 is 27.3 Å². The van der Waals surface area contributed by atoms with Crippen molar-refractivity contribution in [2.75, 3.05) is 6.54 Å². The maximum absolute atomic E-state index is 13.2. The monoisotopic (exact) mass is 525 g/mol. The largest absolute Gasteiger partial charge is 0.416 e. The molecule has 11 heteroatoms. The molecule has 2 aromatic carbocycles. The number of hydrogen-bond acceptors (Lipinski definition) is 4. The molecule has 3 aromatic rings. The Morgan fingerprint density at radius 2 is 1.89 bits per heavy atom. The van der Waals surface area contributed by atoms with Crippen molar-refractivity contribution in [3.8, 4) is 0 Å². The Morgan fingerprint density at radius 3 is 2.51 bits per heavy atom. The number of carbonyl (C=O) groups is 1. The van der Waals surface area contributed by atoms with E-state index in [9.17, 15) is 26.4 Å². The van der Waals surface area contributed by atoms with Crippen molar-refractivity contribution < 1.29 is 26.4 Å². The molecule has 35 heavy (non-hydrogen) atoms. The Labute approximate surface area is 206 Å². The molecule has 6 nitrogen and oxygen atoms in total. The predicted octanol–water partition coefficient (Wildman–Crippen LogP) is 5.53. The number of sulfone groups is 1. The van der Waals surface area contributed by atoms with Gasteiger partial charge in [0.2, 0.25) is 15.0 Å². The van der Waals surface area contributed by atoms with Gasteiger partial charge in [0, 0.05) is 23.2 Å². The van der Waals surface area contributed by atoms with Crippen molar-refractivity contribution in [1.29, 1.82) is 0 Å². The van der Waals surface area contributed by atoms with Crippen molar-refractivity contribution >= 4 is 27.3 Å². The summed E-state index contributed by atoms with van der Waals surface area (Å²) < 4.78 is 67.2. The Balaban J connectivity index is 1.62. The second-order valence-electron chi connectivity index (χ2n) is 8.42. The number of alkyl halides is 3. The SMILES string of the molecule is CCN(Cc1cnc(S(=O)(=O)Cc2cccc(C(F)(F)F)c2)n1C1CC1)C(=O)c1cccc(Cl)c1. The van der Waals surface area contributed by atoms with Crippen LogP contribution in [0.2, 0.25) is 5.02 Å². The first kappa shape index (κ1) is 25.2. The lowest BCUT2D eigenvalue weighted by Gasteiger charge is -2.22. The van der Waals surface area contributed by atoms with Gasteiger partial charge in [-0.2, -0.15) is 13.2 Å². The van der Waals surface area contributed by atoms with Crippen LogP contribution in [0, 0.1) is 0 Å². The maximum Gasteiger partial charge on any atom is 0.416 e. The van der Waals surface area contributed by atoms with Gasteiger partial charge in [0.25, 0.3) is 5.91 Å². The fourth-order valence-electron chi connectivity index (χ4n) is 3.90. The van der Waals surface area contributed by atoms with Crippen LogP contribution in [0.4, 0.5) is 13.2 Å². The molecule has 1 aromatic heterocycles. The minimum Gasteiger partial charge on any atom is -0.333 e. The van der Waals surface area contributed by atoms with E-state index in [1.807, 2.05) is 6.92 Å². The number of imidazole rings is 1. The third kappa shape index (κ3) is 5.70. The molecule has 1 aliphatic rings. The second-order valence-corrected chi connectivity index (χ2v) is 10.7. The molecule has 0 spiro atoms. The Bertz CT molecular complexity index is 1350. The van der Waals surface area contributed by atoms with E-state index in [2.05, 4.69) is 4.98 Å². The number of nitrogens with zero attached hydrogens (tertiary/aromatic N) is 3. The fraction of sp³-hybridized carbons (Fsp3) is 0.333. The van der Waals surface area contributed by atoms with Crippen LogP contribution in [0.5, 0.6) is 0 Å². The number of carbonyl (C=O) groups excluding carboxylic acids is 1. The van der Waals surface area contributed by atoms with E-state index in [1.54, 1.807) is 33.7 Å². The number of benzene rings is 2. The summed E-state index contributed by atoms with van der Waals surface area (Å²) in [6.45, 7) is 2.31. The zero-order chi connectivity index (χ0) is 25.4. The van der Waals surface area contributed by atoms with Crippen molar-refractivity contribution in [3.05, 3.63) is 82.1 Å². The number of aromatic nitrogens is 2. The molecule has 4 rings (SSSR count). The van der Waals surface area contributed by atoms with Crippen LogP contribution in [0.3, 0.4) is 0 Å². The lowest BCUT2D eigenvalue weighted by atomic mass is 10.1. The van der Waals surface area contributed by atoms with Crippen LogP contribution >= 0.6 is 11.6 Å². The zero-order valence-electron chi connectivity index (χ0n) is 18.8. The van der Waals surface area contributed by atoms with Crippen LogP contribution in [0.25, 0.3) is 0 Å². The van der Waals surface area contributed by atoms with Gasteiger partial charge in [-0.3, -0.25) is 4.79 Å². The van der Waals surface area contributed by atoms with Gasteiger partial charge in [-0.15, -0.1) is 0 Å². The first-order valence-corrected chi connectivity index (χ1v) is 13.0. The highest BCUT2D eigenvalue weighted by Gasteiger charge is 2.35. The zero-order valence-corrected chi connectivity index (χ0v) is 20.4. The normalized spacial score (nSPS) is 14.2. The highest BCUT2D eigenvalue weighted by molar-refractivity contribution is 7.90. The van der Waals surface area contributed by atoms with Gasteiger partial charge in [0.15, 0.2) is 0 Å². The third-order valence-corrected chi connectivity index (χ3v) is 7.54. The summed E-state index contributed by atoms with van der Waals surface area (Å²) in [5.41, 5.74) is 0.0779. The van der Waals surface area contributed by atoms with E-state index in [4.69, 9.17) is 11.6 Å². The number of rotatable bonds is 8. The smallest absolute Gasteiger partial charge is 0.333 e. The molecule has 0 radical (unpaired) electrons. The molecule has 1 aliphatic carbocycles. The van der Waals surface area contributed by atoms with Crippen LogP contribution in [0.1, 0.15) is 53.0 Å². The molecule has 1 amide bonds. The van der Waals surface area contributed by atoms with Crippen LogP contribution < -0.4 is 0 Å². The lowest BCUT2D eigenvalue weighted by molar-refractivity contribution is -0.137. The molecule has 0 aliphatic heterocycles. The summed E-state index contributed by atoms with van der Waals surface area (Å²) in [7, 11) is -4.05. The molecule has 1 fully saturated rings. The van der Waals surface area contributed by atoms with Crippen LogP contribution in [0.15, 0.2) is 59.9 Å². The summed E-state index contributed by atoms with van der Waals surface area (Å²) in [4.78, 5) is 18.7. The maximum atomic E-state index is 13.2. The third-order valence-electron chi connectivity index (χ3n) is 5.73. The molecule has 0 saturated heterocycles. The molecule has 1 saturated carbocycles. The van der Waals surface area contributed by atoms with Gasteiger partial charge in [0.05, 0.1) is 29.8 Å². The van der Waals surface area contributed by atoms with Gasteiger partial charge in [-0.1, -0.05) is 35.9 Å². The van der Waals surface area contributed by atoms with Crippen molar-refractivity contribution in [3.63, 3.8) is 0 Å². The highest BCUT2D eigenvalue weighted by Crippen LogP contribution is 2.39.